The number of anilines is 1. The molecule has 0 aliphatic carbocycles. The van der Waals surface area contributed by atoms with Crippen LogP contribution in [0.3, 0.4) is 0 Å². The molecule has 0 atom stereocenters. The molecule has 3 aromatic carbocycles. The lowest BCUT2D eigenvalue weighted by atomic mass is 10.1. The molecular formula is C26H23N3O3S. The van der Waals surface area contributed by atoms with Gasteiger partial charge in [0.2, 0.25) is 0 Å². The molecule has 0 aliphatic heterocycles. The Morgan fingerprint density at radius 1 is 0.788 bits per heavy atom. The molecule has 7 heteroatoms. The van der Waals surface area contributed by atoms with Crippen molar-refractivity contribution in [2.24, 2.45) is 0 Å². The first kappa shape index (κ1) is 22.2. The van der Waals surface area contributed by atoms with Gasteiger partial charge in [0.05, 0.1) is 34.9 Å². The highest BCUT2D eigenvalue weighted by molar-refractivity contribution is 7.92. The summed E-state index contributed by atoms with van der Waals surface area (Å²) >= 11 is 0. The van der Waals surface area contributed by atoms with Gasteiger partial charge in [-0.25, -0.2) is 8.42 Å². The highest BCUT2D eigenvalue weighted by Gasteiger charge is 2.28. The van der Waals surface area contributed by atoms with E-state index in [0.29, 0.717) is 11.4 Å². The van der Waals surface area contributed by atoms with Crippen molar-refractivity contribution in [2.45, 2.75) is 18.0 Å². The van der Waals surface area contributed by atoms with Crippen LogP contribution in [0.25, 0.3) is 0 Å². The highest BCUT2D eigenvalue weighted by Crippen LogP contribution is 2.29. The van der Waals surface area contributed by atoms with Gasteiger partial charge in [0, 0.05) is 6.20 Å². The zero-order valence-electron chi connectivity index (χ0n) is 17.8. The van der Waals surface area contributed by atoms with E-state index in [0.717, 1.165) is 5.56 Å². The van der Waals surface area contributed by atoms with Crippen LogP contribution in [0.2, 0.25) is 0 Å². The molecule has 1 N–H and O–H groups in total. The Hall–Kier alpha value is -3.97. The molecule has 0 saturated heterocycles. The summed E-state index contributed by atoms with van der Waals surface area (Å²) in [6.07, 6.45) is 1.66. The van der Waals surface area contributed by atoms with Gasteiger partial charge in [-0.3, -0.25) is 14.1 Å². The summed E-state index contributed by atoms with van der Waals surface area (Å²) in [6.45, 7) is 0.320. The first-order chi connectivity index (χ1) is 16.1. The molecule has 166 valence electrons. The average molecular weight is 458 g/mol. The summed E-state index contributed by atoms with van der Waals surface area (Å²) in [4.78, 5) is 17.5. The number of amides is 1. The topological polar surface area (TPSA) is 79.4 Å². The SMILES string of the molecule is O=C(NCc1ccccn1)c1ccccc1N(Cc1ccccc1)S(=O)(=O)c1ccccc1. The Morgan fingerprint density at radius 2 is 1.42 bits per heavy atom. The normalized spacial score (nSPS) is 11.0. The Morgan fingerprint density at radius 3 is 2.12 bits per heavy atom. The molecule has 4 aromatic rings. The number of carbonyl (C=O) groups excluding carboxylic acids is 1. The maximum Gasteiger partial charge on any atom is 0.264 e. The summed E-state index contributed by atoms with van der Waals surface area (Å²) in [5.74, 6) is -0.377. The minimum absolute atomic E-state index is 0.0859. The number of hydrogen-bond donors (Lipinski definition) is 1. The monoisotopic (exact) mass is 457 g/mol. The highest BCUT2D eigenvalue weighted by atomic mass is 32.2. The van der Waals surface area contributed by atoms with E-state index in [9.17, 15) is 13.2 Å². The summed E-state index contributed by atoms with van der Waals surface area (Å²) in [5, 5.41) is 2.84. The fraction of sp³-hybridized carbons (Fsp3) is 0.0769. The van der Waals surface area contributed by atoms with Gasteiger partial charge >= 0.3 is 0 Å². The largest absolute Gasteiger partial charge is 0.346 e. The standard InChI is InChI=1S/C26H23N3O3S/c30-26(28-19-22-13-9-10-18-27-22)24-16-7-8-17-25(24)29(20-21-11-3-1-4-12-21)33(31,32)23-14-5-2-6-15-23/h1-18H,19-20H2,(H,28,30). The van der Waals surface area contributed by atoms with Crippen molar-refractivity contribution >= 4 is 21.6 Å². The van der Waals surface area contributed by atoms with E-state index in [1.165, 1.54) is 4.31 Å². The van der Waals surface area contributed by atoms with Gasteiger partial charge in [-0.1, -0.05) is 66.7 Å². The van der Waals surface area contributed by atoms with Gasteiger partial charge in [0.25, 0.3) is 15.9 Å². The Balaban J connectivity index is 1.72. The Kier molecular flexibility index (Phi) is 6.80. The second-order valence-corrected chi connectivity index (χ2v) is 9.19. The van der Waals surface area contributed by atoms with Crippen LogP contribution < -0.4 is 9.62 Å². The second kappa shape index (κ2) is 10.1. The fourth-order valence-corrected chi connectivity index (χ4v) is 4.91. The molecular weight excluding hydrogens is 434 g/mol. The minimum Gasteiger partial charge on any atom is -0.346 e. The summed E-state index contributed by atoms with van der Waals surface area (Å²) in [6, 6.07) is 29.7. The number of nitrogens with zero attached hydrogens (tertiary/aromatic N) is 2. The maximum atomic E-state index is 13.7. The molecule has 1 heterocycles. The minimum atomic E-state index is -3.93. The number of benzene rings is 3. The lowest BCUT2D eigenvalue weighted by Crippen LogP contribution is -2.33. The summed E-state index contributed by atoms with van der Waals surface area (Å²) < 4.78 is 28.6. The van der Waals surface area contributed by atoms with E-state index < -0.39 is 10.0 Å². The predicted molar refractivity (Wildman–Crippen MR) is 128 cm³/mol. The molecule has 33 heavy (non-hydrogen) atoms. The molecule has 0 aliphatic rings. The van der Waals surface area contributed by atoms with E-state index in [1.807, 2.05) is 42.5 Å². The van der Waals surface area contributed by atoms with Gasteiger partial charge in [0.1, 0.15) is 0 Å². The van der Waals surface area contributed by atoms with Crippen molar-refractivity contribution in [1.29, 1.82) is 0 Å². The molecule has 0 bridgehead atoms. The van der Waals surface area contributed by atoms with Crippen molar-refractivity contribution in [3.8, 4) is 0 Å². The predicted octanol–water partition coefficient (Wildman–Crippen LogP) is 4.41. The Bertz CT molecular complexity index is 1310. The first-order valence-corrected chi connectivity index (χ1v) is 11.9. The molecule has 0 radical (unpaired) electrons. The van der Waals surface area contributed by atoms with Gasteiger partial charge in [-0.15, -0.1) is 0 Å². The Labute approximate surface area is 193 Å². The van der Waals surface area contributed by atoms with Crippen molar-refractivity contribution in [2.75, 3.05) is 4.31 Å². The van der Waals surface area contributed by atoms with Gasteiger partial charge in [-0.05, 0) is 42.0 Å². The summed E-state index contributed by atoms with van der Waals surface area (Å²) in [7, 11) is -3.93. The quantitative estimate of drug-likeness (QED) is 0.425. The van der Waals surface area contributed by atoms with Crippen LogP contribution in [0.15, 0.2) is 114 Å². The number of nitrogens with one attached hydrogen (secondary N) is 1. The zero-order valence-corrected chi connectivity index (χ0v) is 18.7. The number of para-hydroxylation sites is 1. The fourth-order valence-electron chi connectivity index (χ4n) is 3.42. The van der Waals surface area contributed by atoms with Crippen LogP contribution >= 0.6 is 0 Å². The van der Waals surface area contributed by atoms with E-state index in [1.54, 1.807) is 66.9 Å². The molecule has 4 rings (SSSR count). The van der Waals surface area contributed by atoms with Crippen molar-refractivity contribution in [3.63, 3.8) is 0 Å². The molecule has 6 nitrogen and oxygen atoms in total. The average Bonchev–Trinajstić information content (AvgIpc) is 2.87. The molecule has 0 fully saturated rings. The van der Waals surface area contributed by atoms with Gasteiger partial charge in [0.15, 0.2) is 0 Å². The maximum absolute atomic E-state index is 13.7. The number of carbonyl (C=O) groups is 1. The van der Waals surface area contributed by atoms with Crippen LogP contribution in [-0.4, -0.2) is 19.3 Å². The van der Waals surface area contributed by atoms with Gasteiger partial charge < -0.3 is 5.32 Å². The van der Waals surface area contributed by atoms with E-state index >= 15 is 0 Å². The number of pyridine rings is 1. The zero-order chi connectivity index (χ0) is 23.1. The van der Waals surface area contributed by atoms with Gasteiger partial charge in [-0.2, -0.15) is 0 Å². The van der Waals surface area contributed by atoms with Crippen LogP contribution in [0.4, 0.5) is 5.69 Å². The first-order valence-electron chi connectivity index (χ1n) is 10.4. The smallest absolute Gasteiger partial charge is 0.264 e. The van der Waals surface area contributed by atoms with Crippen LogP contribution in [0.1, 0.15) is 21.6 Å². The lowest BCUT2D eigenvalue weighted by Gasteiger charge is -2.26. The van der Waals surface area contributed by atoms with Crippen LogP contribution in [0, 0.1) is 0 Å². The number of sulfonamides is 1. The third kappa shape index (κ3) is 5.27. The van der Waals surface area contributed by atoms with E-state index in [-0.39, 0.29) is 29.5 Å². The molecule has 0 unspecified atom stereocenters. The van der Waals surface area contributed by atoms with Crippen molar-refractivity contribution in [3.05, 3.63) is 126 Å². The second-order valence-electron chi connectivity index (χ2n) is 7.33. The third-order valence-corrected chi connectivity index (χ3v) is 6.85. The van der Waals surface area contributed by atoms with E-state index in [4.69, 9.17) is 0 Å². The van der Waals surface area contributed by atoms with Crippen LogP contribution in [-0.2, 0) is 23.1 Å². The third-order valence-electron chi connectivity index (χ3n) is 5.07. The number of rotatable bonds is 8. The molecule has 0 spiro atoms. The molecule has 0 saturated carbocycles. The molecule has 1 aromatic heterocycles. The lowest BCUT2D eigenvalue weighted by molar-refractivity contribution is 0.0951. The van der Waals surface area contributed by atoms with Crippen molar-refractivity contribution < 1.29 is 13.2 Å². The number of hydrogen-bond acceptors (Lipinski definition) is 4. The number of aromatic nitrogens is 1. The molecule has 1 amide bonds. The van der Waals surface area contributed by atoms with Crippen LogP contribution in [0.5, 0.6) is 0 Å². The van der Waals surface area contributed by atoms with E-state index in [2.05, 4.69) is 10.3 Å². The summed E-state index contributed by atoms with van der Waals surface area (Å²) in [5.41, 5.74) is 2.09. The van der Waals surface area contributed by atoms with Crippen molar-refractivity contribution in [1.82, 2.24) is 10.3 Å².